The predicted molar refractivity (Wildman–Crippen MR) is 58.4 cm³/mol. The fourth-order valence-electron chi connectivity index (χ4n) is 1.14. The molecule has 2 aromatic heterocycles. The van der Waals surface area contributed by atoms with Crippen LogP contribution in [0.5, 0.6) is 0 Å². The molecule has 0 aliphatic rings. The van der Waals surface area contributed by atoms with Crippen molar-refractivity contribution in [2.75, 3.05) is 5.32 Å². The van der Waals surface area contributed by atoms with E-state index in [0.717, 1.165) is 10.7 Å². The van der Waals surface area contributed by atoms with Gasteiger partial charge in [0.05, 0.1) is 18.4 Å². The molecule has 2 aromatic rings. The van der Waals surface area contributed by atoms with Crippen molar-refractivity contribution in [2.45, 2.75) is 13.5 Å². The number of aryl methyl sites for hydroxylation is 1. The van der Waals surface area contributed by atoms with Crippen LogP contribution in [0.3, 0.4) is 0 Å². The van der Waals surface area contributed by atoms with Gasteiger partial charge < -0.3 is 5.32 Å². The van der Waals surface area contributed by atoms with E-state index >= 15 is 0 Å². The van der Waals surface area contributed by atoms with E-state index in [0.29, 0.717) is 6.54 Å². The van der Waals surface area contributed by atoms with Crippen LogP contribution in [0.25, 0.3) is 0 Å². The lowest BCUT2D eigenvalue weighted by molar-refractivity contribution is 0.584. The van der Waals surface area contributed by atoms with Gasteiger partial charge in [0.2, 0.25) is 5.95 Å². The lowest BCUT2D eigenvalue weighted by Gasteiger charge is -2.02. The minimum Gasteiger partial charge on any atom is -0.377 e. The number of anilines is 1. The average molecular weight is 223 g/mol. The number of nitrogens with one attached hydrogen (secondary N) is 1. The van der Waals surface area contributed by atoms with Gasteiger partial charge in [-0.05, 0) is 19.1 Å². The Morgan fingerprint density at radius 2 is 2.20 bits per heavy atom. The molecule has 0 saturated carbocycles. The Balaban J connectivity index is 1.96. The number of nitrogens with zero attached hydrogens (tertiary/aromatic N) is 2. The van der Waals surface area contributed by atoms with Gasteiger partial charge in [-0.1, -0.05) is 0 Å². The zero-order valence-corrected chi connectivity index (χ0v) is 9.01. The van der Waals surface area contributed by atoms with Crippen molar-refractivity contribution in [3.63, 3.8) is 0 Å². The van der Waals surface area contributed by atoms with Gasteiger partial charge in [0.25, 0.3) is 0 Å². The smallest absolute Gasteiger partial charge is 0.212 e. The van der Waals surface area contributed by atoms with E-state index in [4.69, 9.17) is 0 Å². The summed E-state index contributed by atoms with van der Waals surface area (Å²) in [4.78, 5) is 8.94. The number of aromatic nitrogens is 2. The fraction of sp³-hybridized carbons (Fsp3) is 0.200. The number of thiazole rings is 1. The summed E-state index contributed by atoms with van der Waals surface area (Å²) in [5, 5.41) is 4.13. The normalized spacial score (nSPS) is 10.3. The highest BCUT2D eigenvalue weighted by molar-refractivity contribution is 7.11. The van der Waals surface area contributed by atoms with Crippen molar-refractivity contribution >= 4 is 17.0 Å². The fourth-order valence-corrected chi connectivity index (χ4v) is 1.87. The molecule has 78 valence electrons. The van der Waals surface area contributed by atoms with Crippen LogP contribution in [0.1, 0.15) is 9.88 Å². The molecule has 2 heterocycles. The van der Waals surface area contributed by atoms with Crippen LogP contribution in [0.15, 0.2) is 24.5 Å². The molecular weight excluding hydrogens is 213 g/mol. The minimum absolute atomic E-state index is 0.467. The Bertz CT molecular complexity index is 438. The maximum Gasteiger partial charge on any atom is 0.212 e. The number of rotatable bonds is 3. The van der Waals surface area contributed by atoms with Gasteiger partial charge in [-0.25, -0.2) is 9.97 Å². The summed E-state index contributed by atoms with van der Waals surface area (Å²) in [6.07, 6.45) is 3.31. The molecule has 0 radical (unpaired) electrons. The van der Waals surface area contributed by atoms with Gasteiger partial charge in [0.15, 0.2) is 0 Å². The van der Waals surface area contributed by atoms with Crippen LogP contribution in [-0.4, -0.2) is 9.97 Å². The van der Waals surface area contributed by atoms with Crippen LogP contribution >= 0.6 is 11.3 Å². The average Bonchev–Trinajstić information content (AvgIpc) is 2.64. The second kappa shape index (κ2) is 4.35. The molecule has 1 N–H and O–H groups in total. The molecule has 0 aliphatic carbocycles. The van der Waals surface area contributed by atoms with Crippen LogP contribution in [0, 0.1) is 12.9 Å². The molecular formula is C10H10FN3S. The van der Waals surface area contributed by atoms with Crippen LogP contribution in [0.4, 0.5) is 10.1 Å². The lowest BCUT2D eigenvalue weighted by atomic mass is 10.4. The van der Waals surface area contributed by atoms with Crippen LogP contribution < -0.4 is 5.32 Å². The number of hydrogen-bond donors (Lipinski definition) is 1. The van der Waals surface area contributed by atoms with E-state index in [9.17, 15) is 4.39 Å². The van der Waals surface area contributed by atoms with Gasteiger partial charge in [-0.3, -0.25) is 0 Å². The van der Waals surface area contributed by atoms with E-state index in [1.54, 1.807) is 17.4 Å². The molecule has 0 fully saturated rings. The molecule has 0 spiro atoms. The summed E-state index contributed by atoms with van der Waals surface area (Å²) in [7, 11) is 0. The van der Waals surface area contributed by atoms with Crippen molar-refractivity contribution in [3.05, 3.63) is 40.4 Å². The quantitative estimate of drug-likeness (QED) is 0.813. The molecule has 0 saturated heterocycles. The van der Waals surface area contributed by atoms with Crippen molar-refractivity contribution in [2.24, 2.45) is 0 Å². The van der Waals surface area contributed by atoms with Crippen molar-refractivity contribution in [1.29, 1.82) is 0 Å². The van der Waals surface area contributed by atoms with Crippen molar-refractivity contribution in [3.8, 4) is 0 Å². The first kappa shape index (κ1) is 10.0. The standard InChI is InChI=1S/C10H10FN3S/c1-7-4-14-10(15-7)6-12-8-2-3-9(11)13-5-8/h2-5,12H,6H2,1H3. The van der Waals surface area contributed by atoms with Gasteiger partial charge in [0, 0.05) is 11.1 Å². The molecule has 0 aliphatic heterocycles. The third kappa shape index (κ3) is 2.73. The highest BCUT2D eigenvalue weighted by atomic mass is 32.1. The zero-order valence-electron chi connectivity index (χ0n) is 8.20. The Hall–Kier alpha value is -1.49. The number of halogens is 1. The van der Waals surface area contributed by atoms with Crippen LogP contribution in [0.2, 0.25) is 0 Å². The van der Waals surface area contributed by atoms with Crippen LogP contribution in [-0.2, 0) is 6.54 Å². The van der Waals surface area contributed by atoms with E-state index in [2.05, 4.69) is 15.3 Å². The highest BCUT2D eigenvalue weighted by Crippen LogP contribution is 2.13. The molecule has 0 bridgehead atoms. The summed E-state index contributed by atoms with van der Waals surface area (Å²) >= 11 is 1.64. The summed E-state index contributed by atoms with van der Waals surface area (Å²) in [6, 6.07) is 2.98. The summed E-state index contributed by atoms with van der Waals surface area (Å²) in [5.41, 5.74) is 0.796. The summed E-state index contributed by atoms with van der Waals surface area (Å²) in [5.74, 6) is -0.467. The first-order valence-electron chi connectivity index (χ1n) is 4.51. The molecule has 0 amide bonds. The molecule has 2 rings (SSSR count). The van der Waals surface area contributed by atoms with Gasteiger partial charge >= 0.3 is 0 Å². The monoisotopic (exact) mass is 223 g/mol. The Labute approximate surface area is 91.0 Å². The van der Waals surface area contributed by atoms with Gasteiger partial charge in [-0.15, -0.1) is 11.3 Å². The second-order valence-corrected chi connectivity index (χ2v) is 4.41. The van der Waals surface area contributed by atoms with E-state index < -0.39 is 5.95 Å². The first-order chi connectivity index (χ1) is 7.24. The minimum atomic E-state index is -0.467. The Kier molecular flexibility index (Phi) is 2.91. The topological polar surface area (TPSA) is 37.8 Å². The van der Waals surface area contributed by atoms with Crippen molar-refractivity contribution in [1.82, 2.24) is 9.97 Å². The molecule has 0 atom stereocenters. The maximum atomic E-state index is 12.5. The van der Waals surface area contributed by atoms with E-state index in [1.807, 2.05) is 13.1 Å². The van der Waals surface area contributed by atoms with Gasteiger partial charge in [0.1, 0.15) is 5.01 Å². The summed E-state index contributed by atoms with van der Waals surface area (Å²) in [6.45, 7) is 2.66. The third-order valence-corrected chi connectivity index (χ3v) is 2.75. The summed E-state index contributed by atoms with van der Waals surface area (Å²) < 4.78 is 12.5. The van der Waals surface area contributed by atoms with Gasteiger partial charge in [-0.2, -0.15) is 4.39 Å². The molecule has 0 unspecified atom stereocenters. The first-order valence-corrected chi connectivity index (χ1v) is 5.32. The number of hydrogen-bond acceptors (Lipinski definition) is 4. The largest absolute Gasteiger partial charge is 0.377 e. The third-order valence-electron chi connectivity index (χ3n) is 1.84. The lowest BCUT2D eigenvalue weighted by Crippen LogP contribution is -1.99. The van der Waals surface area contributed by atoms with E-state index in [-0.39, 0.29) is 0 Å². The number of pyridine rings is 1. The highest BCUT2D eigenvalue weighted by Gasteiger charge is 1.99. The Morgan fingerprint density at radius 3 is 2.80 bits per heavy atom. The molecule has 0 aromatic carbocycles. The van der Waals surface area contributed by atoms with E-state index in [1.165, 1.54) is 17.1 Å². The zero-order chi connectivity index (χ0) is 10.7. The van der Waals surface area contributed by atoms with Crippen molar-refractivity contribution < 1.29 is 4.39 Å². The molecule has 3 nitrogen and oxygen atoms in total. The maximum absolute atomic E-state index is 12.5. The SMILES string of the molecule is Cc1cnc(CNc2ccc(F)nc2)s1. The second-order valence-electron chi connectivity index (χ2n) is 3.09. The molecule has 5 heteroatoms. The predicted octanol–water partition coefficient (Wildman–Crippen LogP) is 2.60. The molecule has 15 heavy (non-hydrogen) atoms. The Morgan fingerprint density at radius 1 is 1.33 bits per heavy atom.